The Morgan fingerprint density at radius 2 is 1.68 bits per heavy atom. The van der Waals surface area contributed by atoms with Gasteiger partial charge in [-0.25, -0.2) is 0 Å². The zero-order valence-corrected chi connectivity index (χ0v) is 12.4. The van der Waals surface area contributed by atoms with Gasteiger partial charge < -0.3 is 14.7 Å². The molecule has 0 saturated heterocycles. The van der Waals surface area contributed by atoms with Crippen LogP contribution < -0.4 is 0 Å². The zero-order valence-electron chi connectivity index (χ0n) is 12.4. The summed E-state index contributed by atoms with van der Waals surface area (Å²) in [5.74, 6) is -0.311. The summed E-state index contributed by atoms with van der Waals surface area (Å²) in [7, 11) is 0. The molecular weight excluding hydrogens is 278 g/mol. The molecule has 4 heteroatoms. The molecular formula is C18H19NO3. The maximum absolute atomic E-state index is 10.8. The van der Waals surface area contributed by atoms with Gasteiger partial charge in [-0.3, -0.25) is 0 Å². The quantitative estimate of drug-likeness (QED) is 0.944. The van der Waals surface area contributed by atoms with Crippen LogP contribution in [0.1, 0.15) is 24.0 Å². The number of rotatable bonds is 4. The van der Waals surface area contributed by atoms with Crippen molar-refractivity contribution in [3.05, 3.63) is 71.8 Å². The molecule has 0 spiro atoms. The van der Waals surface area contributed by atoms with Crippen molar-refractivity contribution in [2.75, 3.05) is 6.61 Å². The van der Waals surface area contributed by atoms with E-state index in [1.54, 1.807) is 0 Å². The lowest BCUT2D eigenvalue weighted by atomic mass is 9.87. The first kappa shape index (κ1) is 14.8. The van der Waals surface area contributed by atoms with Crippen LogP contribution in [0.3, 0.4) is 0 Å². The average molecular weight is 297 g/mol. The van der Waals surface area contributed by atoms with E-state index in [1.165, 1.54) is 0 Å². The van der Waals surface area contributed by atoms with Gasteiger partial charge in [-0.1, -0.05) is 65.8 Å². The largest absolute Gasteiger partial charge is 0.386 e. The fourth-order valence-corrected chi connectivity index (χ4v) is 2.69. The maximum Gasteiger partial charge on any atom is 0.236 e. The first-order valence-electron chi connectivity index (χ1n) is 7.45. The molecule has 1 aliphatic heterocycles. The van der Waals surface area contributed by atoms with Crippen LogP contribution in [0, 0.1) is 0 Å². The average Bonchev–Trinajstić information content (AvgIpc) is 2.57. The Hall–Kier alpha value is -2.17. The first-order chi connectivity index (χ1) is 10.8. The predicted molar refractivity (Wildman–Crippen MR) is 84.7 cm³/mol. The summed E-state index contributed by atoms with van der Waals surface area (Å²) in [5.41, 5.74) is 2.35. The SMILES string of the molecule is CCO[C@@H]1ON=C(c2ccccc2)[C@H](O)[C@H]1c1ccccc1. The molecule has 0 unspecified atom stereocenters. The fraction of sp³-hybridized carbons (Fsp3) is 0.278. The van der Waals surface area contributed by atoms with Crippen LogP contribution >= 0.6 is 0 Å². The highest BCUT2D eigenvalue weighted by Gasteiger charge is 2.39. The predicted octanol–water partition coefficient (Wildman–Crippen LogP) is 2.93. The maximum atomic E-state index is 10.8. The summed E-state index contributed by atoms with van der Waals surface area (Å²) in [6.45, 7) is 2.39. The van der Waals surface area contributed by atoms with Crippen LogP contribution in [0.4, 0.5) is 0 Å². The van der Waals surface area contributed by atoms with Crippen molar-refractivity contribution in [2.24, 2.45) is 5.16 Å². The van der Waals surface area contributed by atoms with Crippen LogP contribution in [0.2, 0.25) is 0 Å². The molecule has 1 aliphatic rings. The van der Waals surface area contributed by atoms with E-state index in [0.717, 1.165) is 11.1 Å². The number of hydrogen-bond acceptors (Lipinski definition) is 4. The smallest absolute Gasteiger partial charge is 0.236 e. The van der Waals surface area contributed by atoms with Gasteiger partial charge in [0, 0.05) is 12.2 Å². The molecule has 1 heterocycles. The summed E-state index contributed by atoms with van der Waals surface area (Å²) in [5, 5.41) is 14.9. The van der Waals surface area contributed by atoms with Gasteiger partial charge in [0.1, 0.15) is 11.8 Å². The molecule has 0 amide bonds. The van der Waals surface area contributed by atoms with Gasteiger partial charge in [-0.15, -0.1) is 0 Å². The summed E-state index contributed by atoms with van der Waals surface area (Å²) >= 11 is 0. The summed E-state index contributed by atoms with van der Waals surface area (Å²) in [6.07, 6.45) is -1.37. The Balaban J connectivity index is 1.97. The van der Waals surface area contributed by atoms with Crippen molar-refractivity contribution < 1.29 is 14.7 Å². The molecule has 1 N–H and O–H groups in total. The van der Waals surface area contributed by atoms with E-state index >= 15 is 0 Å². The van der Waals surface area contributed by atoms with Crippen LogP contribution in [0.5, 0.6) is 0 Å². The van der Waals surface area contributed by atoms with Gasteiger partial charge in [-0.05, 0) is 12.5 Å². The van der Waals surface area contributed by atoms with Crippen molar-refractivity contribution in [1.82, 2.24) is 0 Å². The van der Waals surface area contributed by atoms with Crippen LogP contribution in [0.25, 0.3) is 0 Å². The number of aliphatic hydroxyl groups is 1. The topological polar surface area (TPSA) is 51.0 Å². The molecule has 3 atom stereocenters. The lowest BCUT2D eigenvalue weighted by Gasteiger charge is -2.33. The fourth-order valence-electron chi connectivity index (χ4n) is 2.69. The summed E-state index contributed by atoms with van der Waals surface area (Å²) in [4.78, 5) is 5.53. The second-order valence-electron chi connectivity index (χ2n) is 5.15. The standard InChI is InChI=1S/C18H19NO3/c1-2-21-18-15(13-9-5-3-6-10-13)17(20)16(19-22-18)14-11-7-4-8-12-14/h3-12,15,17-18,20H,2H2,1H3/t15-,17-,18-/m1/s1. The third-order valence-corrected chi connectivity index (χ3v) is 3.75. The van der Waals surface area contributed by atoms with Crippen molar-refractivity contribution in [3.8, 4) is 0 Å². The lowest BCUT2D eigenvalue weighted by Crippen LogP contribution is -2.42. The molecule has 3 rings (SSSR count). The molecule has 0 saturated carbocycles. The van der Waals surface area contributed by atoms with Gasteiger partial charge in [-0.2, -0.15) is 0 Å². The molecule has 0 aromatic heterocycles. The highest BCUT2D eigenvalue weighted by atomic mass is 16.8. The Bertz CT molecular complexity index is 627. The van der Waals surface area contributed by atoms with Crippen molar-refractivity contribution in [3.63, 3.8) is 0 Å². The van der Waals surface area contributed by atoms with Crippen LogP contribution in [0.15, 0.2) is 65.8 Å². The lowest BCUT2D eigenvalue weighted by molar-refractivity contribution is -0.172. The highest BCUT2D eigenvalue weighted by molar-refractivity contribution is 6.04. The van der Waals surface area contributed by atoms with E-state index in [4.69, 9.17) is 9.57 Å². The third kappa shape index (κ3) is 2.89. The number of aliphatic hydroxyl groups excluding tert-OH is 1. The van der Waals surface area contributed by atoms with Crippen LogP contribution in [-0.4, -0.2) is 29.8 Å². The Kier molecular flexibility index (Phi) is 4.51. The Labute approximate surface area is 130 Å². The summed E-state index contributed by atoms with van der Waals surface area (Å²) in [6, 6.07) is 19.3. The molecule has 114 valence electrons. The van der Waals surface area contributed by atoms with Gasteiger partial charge in [0.25, 0.3) is 0 Å². The highest BCUT2D eigenvalue weighted by Crippen LogP contribution is 2.32. The van der Waals surface area contributed by atoms with Crippen molar-refractivity contribution in [2.45, 2.75) is 25.2 Å². The third-order valence-electron chi connectivity index (χ3n) is 3.75. The minimum absolute atomic E-state index is 0.311. The van der Waals surface area contributed by atoms with Gasteiger partial charge in [0.2, 0.25) is 6.29 Å². The van der Waals surface area contributed by atoms with Gasteiger partial charge in [0.05, 0.1) is 5.92 Å². The second-order valence-corrected chi connectivity index (χ2v) is 5.15. The van der Waals surface area contributed by atoms with E-state index in [9.17, 15) is 5.11 Å². The second kappa shape index (κ2) is 6.73. The molecule has 4 nitrogen and oxygen atoms in total. The number of nitrogens with zero attached hydrogens (tertiary/aromatic N) is 1. The minimum Gasteiger partial charge on any atom is -0.386 e. The number of oxime groups is 1. The molecule has 0 bridgehead atoms. The van der Waals surface area contributed by atoms with E-state index < -0.39 is 12.4 Å². The molecule has 0 fully saturated rings. The van der Waals surface area contributed by atoms with E-state index in [1.807, 2.05) is 67.6 Å². The number of benzene rings is 2. The monoisotopic (exact) mass is 297 g/mol. The van der Waals surface area contributed by atoms with Crippen molar-refractivity contribution in [1.29, 1.82) is 0 Å². The van der Waals surface area contributed by atoms with Gasteiger partial charge >= 0.3 is 0 Å². The van der Waals surface area contributed by atoms with Gasteiger partial charge in [0.15, 0.2) is 0 Å². The molecule has 22 heavy (non-hydrogen) atoms. The molecule has 0 aliphatic carbocycles. The first-order valence-corrected chi connectivity index (χ1v) is 7.45. The number of ether oxygens (including phenoxy) is 1. The normalized spacial score (nSPS) is 24.5. The van der Waals surface area contributed by atoms with E-state index in [-0.39, 0.29) is 5.92 Å². The Morgan fingerprint density at radius 3 is 2.32 bits per heavy atom. The van der Waals surface area contributed by atoms with Crippen molar-refractivity contribution >= 4 is 5.71 Å². The Morgan fingerprint density at radius 1 is 1.05 bits per heavy atom. The summed E-state index contributed by atoms with van der Waals surface area (Å²) < 4.78 is 5.62. The molecule has 2 aromatic rings. The number of hydrogen-bond donors (Lipinski definition) is 1. The van der Waals surface area contributed by atoms with E-state index in [2.05, 4.69) is 5.16 Å². The van der Waals surface area contributed by atoms with Crippen LogP contribution in [-0.2, 0) is 9.57 Å². The minimum atomic E-state index is -0.782. The molecule has 0 radical (unpaired) electrons. The molecule has 2 aromatic carbocycles. The zero-order chi connectivity index (χ0) is 15.4. The van der Waals surface area contributed by atoms with E-state index in [0.29, 0.717) is 12.3 Å².